The van der Waals surface area contributed by atoms with E-state index in [0.29, 0.717) is 29.0 Å². The summed E-state index contributed by atoms with van der Waals surface area (Å²) in [7, 11) is 0. The second-order valence-electron chi connectivity index (χ2n) is 7.78. The van der Waals surface area contributed by atoms with Gasteiger partial charge < -0.3 is 11.1 Å². The van der Waals surface area contributed by atoms with Crippen molar-refractivity contribution in [2.75, 3.05) is 0 Å². The molecule has 2 heteroatoms. The van der Waals surface area contributed by atoms with Gasteiger partial charge in [-0.05, 0) is 55.3 Å². The molecular weight excluding hydrogens is 208 g/mol. The van der Waals surface area contributed by atoms with Gasteiger partial charge in [0.25, 0.3) is 0 Å². The number of hydrogen-bond acceptors (Lipinski definition) is 2. The first-order valence-corrected chi connectivity index (χ1v) is 7.43. The van der Waals surface area contributed by atoms with Crippen molar-refractivity contribution in [3.63, 3.8) is 0 Å². The molecule has 0 aromatic heterocycles. The highest BCUT2D eigenvalue weighted by Crippen LogP contribution is 2.62. The van der Waals surface area contributed by atoms with Crippen molar-refractivity contribution < 1.29 is 0 Å². The Hall–Kier alpha value is -0.0800. The van der Waals surface area contributed by atoms with E-state index >= 15 is 0 Å². The molecule has 0 aromatic rings. The topological polar surface area (TPSA) is 38.0 Å². The first-order valence-electron chi connectivity index (χ1n) is 7.43. The summed E-state index contributed by atoms with van der Waals surface area (Å²) in [4.78, 5) is 0. The maximum Gasteiger partial charge on any atom is 0.0177 e. The minimum atomic E-state index is 0.446. The third kappa shape index (κ3) is 1.76. The van der Waals surface area contributed by atoms with Crippen LogP contribution in [-0.4, -0.2) is 18.1 Å². The zero-order valence-corrected chi connectivity index (χ0v) is 11.6. The number of nitrogens with two attached hydrogens (primary N) is 1. The lowest BCUT2D eigenvalue weighted by Gasteiger charge is -2.44. The molecule has 3 N–H and O–H groups in total. The minimum absolute atomic E-state index is 0.446. The van der Waals surface area contributed by atoms with Crippen molar-refractivity contribution >= 4 is 0 Å². The number of fused-ring (bicyclic) bond motifs is 2. The van der Waals surface area contributed by atoms with Gasteiger partial charge >= 0.3 is 0 Å². The summed E-state index contributed by atoms with van der Waals surface area (Å²) in [6.07, 6.45) is 8.01. The second-order valence-corrected chi connectivity index (χ2v) is 7.78. The predicted octanol–water partition coefficient (Wildman–Crippen LogP) is 2.67. The monoisotopic (exact) mass is 236 g/mol. The molecule has 5 unspecified atom stereocenters. The lowest BCUT2D eigenvalue weighted by Crippen LogP contribution is -2.53. The van der Waals surface area contributed by atoms with E-state index in [-0.39, 0.29) is 0 Å². The highest BCUT2D eigenvalue weighted by Gasteiger charge is 2.59. The Bertz CT molecular complexity index is 307. The van der Waals surface area contributed by atoms with Crippen molar-refractivity contribution in [2.24, 2.45) is 22.5 Å². The molecule has 0 amide bonds. The molecular formula is C15H28N2. The Morgan fingerprint density at radius 2 is 1.88 bits per heavy atom. The predicted molar refractivity (Wildman–Crippen MR) is 71.8 cm³/mol. The van der Waals surface area contributed by atoms with Crippen LogP contribution in [-0.2, 0) is 0 Å². The Morgan fingerprint density at radius 1 is 1.12 bits per heavy atom. The summed E-state index contributed by atoms with van der Waals surface area (Å²) in [5.74, 6) is 0.945. The Morgan fingerprint density at radius 3 is 2.41 bits per heavy atom. The molecule has 98 valence electrons. The smallest absolute Gasteiger partial charge is 0.0177 e. The second kappa shape index (κ2) is 3.71. The van der Waals surface area contributed by atoms with E-state index in [2.05, 4.69) is 26.1 Å². The highest BCUT2D eigenvalue weighted by atomic mass is 15.0. The fourth-order valence-corrected chi connectivity index (χ4v) is 5.12. The zero-order valence-electron chi connectivity index (χ0n) is 11.6. The van der Waals surface area contributed by atoms with E-state index in [1.807, 2.05) is 0 Å². The third-order valence-corrected chi connectivity index (χ3v) is 6.15. The lowest BCUT2D eigenvalue weighted by atomic mass is 9.68. The molecule has 2 nitrogen and oxygen atoms in total. The normalized spacial score (nSPS) is 52.2. The standard InChI is InChI=1S/C15H28N2/c1-14(2)10-6-7-15(3,9-10)13(14)17-12-5-4-11(16)8-12/h10-13,17H,4-9,16H2,1-3H3. The Labute approximate surface area is 106 Å². The molecule has 0 aliphatic heterocycles. The van der Waals surface area contributed by atoms with E-state index in [0.717, 1.165) is 5.92 Å². The first-order chi connectivity index (χ1) is 7.92. The molecule has 0 aromatic carbocycles. The summed E-state index contributed by atoms with van der Waals surface area (Å²) < 4.78 is 0. The molecule has 3 rings (SSSR count). The summed E-state index contributed by atoms with van der Waals surface area (Å²) in [5.41, 5.74) is 7.08. The zero-order chi connectivity index (χ0) is 12.3. The van der Waals surface area contributed by atoms with Crippen LogP contribution in [0.15, 0.2) is 0 Å². The van der Waals surface area contributed by atoms with Crippen molar-refractivity contribution in [1.29, 1.82) is 0 Å². The third-order valence-electron chi connectivity index (χ3n) is 6.15. The van der Waals surface area contributed by atoms with E-state index in [4.69, 9.17) is 5.73 Å². The molecule has 0 radical (unpaired) electrons. The average molecular weight is 236 g/mol. The first kappa shape index (κ1) is 12.0. The molecule has 3 fully saturated rings. The minimum Gasteiger partial charge on any atom is -0.328 e. The van der Waals surface area contributed by atoms with Crippen LogP contribution in [0.4, 0.5) is 0 Å². The molecule has 0 saturated heterocycles. The fourth-order valence-electron chi connectivity index (χ4n) is 5.12. The number of hydrogen-bond donors (Lipinski definition) is 2. The summed E-state index contributed by atoms with van der Waals surface area (Å²) in [5, 5.41) is 3.99. The van der Waals surface area contributed by atoms with Gasteiger partial charge in [-0.2, -0.15) is 0 Å². The van der Waals surface area contributed by atoms with Crippen LogP contribution in [0.5, 0.6) is 0 Å². The molecule has 3 aliphatic carbocycles. The van der Waals surface area contributed by atoms with Gasteiger partial charge in [0.15, 0.2) is 0 Å². The van der Waals surface area contributed by atoms with Crippen LogP contribution >= 0.6 is 0 Å². The van der Waals surface area contributed by atoms with E-state index < -0.39 is 0 Å². The van der Waals surface area contributed by atoms with Crippen molar-refractivity contribution in [3.05, 3.63) is 0 Å². The van der Waals surface area contributed by atoms with Crippen LogP contribution < -0.4 is 11.1 Å². The van der Waals surface area contributed by atoms with Crippen LogP contribution in [0.3, 0.4) is 0 Å². The van der Waals surface area contributed by atoms with Crippen LogP contribution in [0.1, 0.15) is 59.3 Å². The van der Waals surface area contributed by atoms with Gasteiger partial charge in [0.2, 0.25) is 0 Å². The van der Waals surface area contributed by atoms with Gasteiger partial charge in [-0.1, -0.05) is 20.8 Å². The Balaban J connectivity index is 1.74. The Kier molecular flexibility index (Phi) is 2.61. The van der Waals surface area contributed by atoms with Crippen LogP contribution in [0.2, 0.25) is 0 Å². The van der Waals surface area contributed by atoms with Gasteiger partial charge in [0.1, 0.15) is 0 Å². The van der Waals surface area contributed by atoms with Gasteiger partial charge in [-0.15, -0.1) is 0 Å². The van der Waals surface area contributed by atoms with Crippen molar-refractivity contribution in [1.82, 2.24) is 5.32 Å². The molecule has 0 heterocycles. The van der Waals surface area contributed by atoms with Crippen LogP contribution in [0.25, 0.3) is 0 Å². The molecule has 3 saturated carbocycles. The van der Waals surface area contributed by atoms with E-state index in [9.17, 15) is 0 Å². The van der Waals surface area contributed by atoms with E-state index in [1.165, 1.54) is 38.5 Å². The molecule has 2 bridgehead atoms. The summed E-state index contributed by atoms with van der Waals surface area (Å²) in [6.45, 7) is 7.47. The van der Waals surface area contributed by atoms with Gasteiger partial charge in [0.05, 0.1) is 0 Å². The van der Waals surface area contributed by atoms with Crippen molar-refractivity contribution in [3.8, 4) is 0 Å². The average Bonchev–Trinajstić information content (AvgIpc) is 2.85. The molecule has 3 aliphatic rings. The fraction of sp³-hybridized carbons (Fsp3) is 1.00. The molecule has 17 heavy (non-hydrogen) atoms. The van der Waals surface area contributed by atoms with Crippen LogP contribution in [0, 0.1) is 16.7 Å². The maximum absolute atomic E-state index is 6.04. The molecule has 0 spiro atoms. The summed E-state index contributed by atoms with van der Waals surface area (Å²) >= 11 is 0. The number of rotatable bonds is 2. The van der Waals surface area contributed by atoms with Gasteiger partial charge in [0, 0.05) is 18.1 Å². The largest absolute Gasteiger partial charge is 0.328 e. The van der Waals surface area contributed by atoms with Crippen molar-refractivity contribution in [2.45, 2.75) is 77.4 Å². The maximum atomic E-state index is 6.04. The number of nitrogens with one attached hydrogen (secondary N) is 1. The van der Waals surface area contributed by atoms with E-state index in [1.54, 1.807) is 0 Å². The summed E-state index contributed by atoms with van der Waals surface area (Å²) in [6, 6.07) is 1.84. The quantitative estimate of drug-likeness (QED) is 0.773. The highest BCUT2D eigenvalue weighted by molar-refractivity contribution is 5.12. The van der Waals surface area contributed by atoms with Gasteiger partial charge in [-0.3, -0.25) is 0 Å². The van der Waals surface area contributed by atoms with Gasteiger partial charge in [-0.25, -0.2) is 0 Å². The molecule has 5 atom stereocenters. The lowest BCUT2D eigenvalue weighted by molar-refractivity contribution is 0.0987. The SMILES string of the molecule is CC12CCC(C1)C(C)(C)C2NC1CCC(N)C1.